The van der Waals surface area contributed by atoms with Gasteiger partial charge in [0.2, 0.25) is 11.8 Å². The summed E-state index contributed by atoms with van der Waals surface area (Å²) >= 11 is 7.11. The number of hydrogen-bond acceptors (Lipinski definition) is 12. The van der Waals surface area contributed by atoms with Crippen molar-refractivity contribution in [3.8, 4) is 0 Å². The van der Waals surface area contributed by atoms with Crippen molar-refractivity contribution in [1.82, 2.24) is 36.0 Å². The summed E-state index contributed by atoms with van der Waals surface area (Å²) in [5.74, 6) is -5.58. The number of aliphatic carboxylic acids is 4. The van der Waals surface area contributed by atoms with E-state index in [1.54, 1.807) is 64.9 Å². The number of carbonyl (C=O) groups is 7. The minimum absolute atomic E-state index is 0.115. The van der Waals surface area contributed by atoms with E-state index < -0.39 is 65.8 Å². The molecule has 4 atom stereocenters. The smallest absolute Gasteiger partial charge is 0.326 e. The van der Waals surface area contributed by atoms with Crippen molar-refractivity contribution in [3.63, 3.8) is 0 Å². The Hall–Kier alpha value is -5.35. The van der Waals surface area contributed by atoms with E-state index in [1.807, 2.05) is 24.5 Å². The zero-order valence-corrected chi connectivity index (χ0v) is 38.1. The van der Waals surface area contributed by atoms with Gasteiger partial charge in [0.1, 0.15) is 18.1 Å². The highest BCUT2D eigenvalue weighted by Crippen LogP contribution is 2.17. The number of thiocarbonyl (C=S) groups is 1. The van der Waals surface area contributed by atoms with Crippen molar-refractivity contribution in [3.05, 3.63) is 65.7 Å². The lowest BCUT2D eigenvalue weighted by Gasteiger charge is -2.33. The van der Waals surface area contributed by atoms with Gasteiger partial charge in [0.25, 0.3) is 5.91 Å². The molecule has 2 aromatic carbocycles. The molecule has 0 spiro atoms. The molecule has 1 fully saturated rings. The van der Waals surface area contributed by atoms with Crippen LogP contribution in [-0.2, 0) is 35.2 Å². The van der Waals surface area contributed by atoms with E-state index in [-0.39, 0.29) is 63.3 Å². The SMILES string of the molecule is CSCCC(NC(=S)Nc1ccc(CC2CN(CC(=O)O)CCN(CC(=O)O)CCN2CC(=O)O)cc1)C(=O)NC(C(=O)NC(CCCCNC(=O)c1ccccc1)C(=O)O)C(C)C. The fourth-order valence-electron chi connectivity index (χ4n) is 7.11. The molecule has 0 bridgehead atoms. The predicted molar refractivity (Wildman–Crippen MR) is 246 cm³/mol. The van der Waals surface area contributed by atoms with Crippen molar-refractivity contribution < 1.29 is 54.0 Å². The van der Waals surface area contributed by atoms with Gasteiger partial charge in [-0.1, -0.05) is 44.2 Å². The van der Waals surface area contributed by atoms with Crippen LogP contribution in [0.1, 0.15) is 55.5 Å². The summed E-state index contributed by atoms with van der Waals surface area (Å²) in [6.45, 7) is 4.33. The van der Waals surface area contributed by atoms with Crippen LogP contribution in [0, 0.1) is 5.92 Å². The largest absolute Gasteiger partial charge is 0.480 e. The van der Waals surface area contributed by atoms with Crippen molar-refractivity contribution in [2.75, 3.05) is 76.2 Å². The van der Waals surface area contributed by atoms with Gasteiger partial charge in [-0.15, -0.1) is 0 Å². The summed E-state index contributed by atoms with van der Waals surface area (Å²) in [4.78, 5) is 91.8. The normalized spacial score (nSPS) is 16.5. The Balaban J connectivity index is 1.62. The third-order valence-corrected chi connectivity index (χ3v) is 11.4. The molecule has 0 aliphatic carbocycles. The Bertz CT molecular complexity index is 1880. The van der Waals surface area contributed by atoms with Crippen LogP contribution in [0.25, 0.3) is 0 Å². The Labute approximate surface area is 383 Å². The van der Waals surface area contributed by atoms with Crippen LogP contribution in [0.3, 0.4) is 0 Å². The molecule has 3 amide bonds. The maximum Gasteiger partial charge on any atom is 0.326 e. The molecule has 21 heteroatoms. The van der Waals surface area contributed by atoms with Gasteiger partial charge in [0.15, 0.2) is 5.11 Å². The molecule has 0 radical (unpaired) electrons. The molecule has 64 heavy (non-hydrogen) atoms. The molecule has 1 aliphatic heterocycles. The van der Waals surface area contributed by atoms with Crippen molar-refractivity contribution in [1.29, 1.82) is 0 Å². The van der Waals surface area contributed by atoms with Gasteiger partial charge in [0.05, 0.1) is 19.6 Å². The molecule has 19 nitrogen and oxygen atoms in total. The molecule has 0 saturated carbocycles. The van der Waals surface area contributed by atoms with Crippen LogP contribution >= 0.6 is 24.0 Å². The second-order valence-electron chi connectivity index (χ2n) is 15.9. The standard InChI is InChI=1S/C43H62N8O11S2/c1-28(2)38(41(60)46-34(42(61)62)11-7-8-17-44-39(58)30-9-5-4-6-10-30)48-40(59)33(16-22-64-3)47-43(63)45-31-14-12-29(13-15-31)23-32-24-50(26-36(54)55)19-18-49(25-35(52)53)20-21-51(32)27-37(56)57/h4-6,9-10,12-15,28,32-34,38H,7-8,11,16-27H2,1-3H3,(H,44,58)(H,46,60)(H,48,59)(H,52,53)(H,54,55)(H,56,57)(H,61,62)(H2,45,47,63). The van der Waals surface area contributed by atoms with E-state index in [1.165, 1.54) is 11.8 Å². The number of hydrogen-bond donors (Lipinski definition) is 9. The average Bonchev–Trinajstić information content (AvgIpc) is 3.30. The molecule has 3 rings (SSSR count). The number of carboxylic acids is 4. The number of anilines is 1. The predicted octanol–water partition coefficient (Wildman–Crippen LogP) is 1.49. The van der Waals surface area contributed by atoms with Crippen LogP contribution in [-0.4, -0.2) is 177 Å². The van der Waals surface area contributed by atoms with E-state index in [0.717, 1.165) is 5.56 Å². The monoisotopic (exact) mass is 930 g/mol. The molecular weight excluding hydrogens is 869 g/mol. The zero-order valence-electron chi connectivity index (χ0n) is 36.5. The summed E-state index contributed by atoms with van der Waals surface area (Å²) in [6, 6.07) is 12.4. The molecule has 9 N–H and O–H groups in total. The summed E-state index contributed by atoms with van der Waals surface area (Å²) in [5, 5.41) is 53.0. The number of rotatable bonds is 25. The molecule has 352 valence electrons. The first kappa shape index (κ1) is 53.0. The van der Waals surface area contributed by atoms with Crippen molar-refractivity contribution >= 4 is 76.4 Å². The van der Waals surface area contributed by atoms with E-state index in [0.29, 0.717) is 55.8 Å². The summed E-state index contributed by atoms with van der Waals surface area (Å²) in [5.41, 5.74) is 1.93. The molecule has 1 heterocycles. The first-order valence-electron chi connectivity index (χ1n) is 21.1. The average molecular weight is 931 g/mol. The summed E-state index contributed by atoms with van der Waals surface area (Å²) < 4.78 is 0. The van der Waals surface area contributed by atoms with Gasteiger partial charge in [-0.3, -0.25) is 43.5 Å². The van der Waals surface area contributed by atoms with Gasteiger partial charge in [-0.05, 0) is 92.1 Å². The third kappa shape index (κ3) is 19.6. The fourth-order valence-corrected chi connectivity index (χ4v) is 7.84. The van der Waals surface area contributed by atoms with Crippen molar-refractivity contribution in [2.24, 2.45) is 5.92 Å². The molecule has 2 aromatic rings. The molecule has 0 aromatic heterocycles. The number of nitrogens with one attached hydrogen (secondary N) is 5. The number of amides is 3. The van der Waals surface area contributed by atoms with Gasteiger partial charge < -0.3 is 47.0 Å². The van der Waals surface area contributed by atoms with Gasteiger partial charge >= 0.3 is 23.9 Å². The molecular formula is C43H62N8O11S2. The number of nitrogens with zero attached hydrogens (tertiary/aromatic N) is 3. The van der Waals surface area contributed by atoms with E-state index in [4.69, 9.17) is 12.2 Å². The van der Waals surface area contributed by atoms with Gasteiger partial charge in [0, 0.05) is 56.6 Å². The van der Waals surface area contributed by atoms with Crippen LogP contribution < -0.4 is 26.6 Å². The van der Waals surface area contributed by atoms with Crippen molar-refractivity contribution in [2.45, 2.75) is 70.1 Å². The zero-order chi connectivity index (χ0) is 47.2. The Morgan fingerprint density at radius 2 is 1.36 bits per heavy atom. The maximum atomic E-state index is 13.7. The number of carbonyl (C=O) groups excluding carboxylic acids is 3. The lowest BCUT2D eigenvalue weighted by Crippen LogP contribution is -2.57. The number of benzene rings is 2. The lowest BCUT2D eigenvalue weighted by atomic mass is 10.0. The van der Waals surface area contributed by atoms with E-state index >= 15 is 0 Å². The molecule has 1 aliphatic rings. The minimum atomic E-state index is -1.22. The van der Waals surface area contributed by atoms with Gasteiger partial charge in [-0.2, -0.15) is 11.8 Å². The van der Waals surface area contributed by atoms with Crippen LogP contribution in [0.15, 0.2) is 54.6 Å². The first-order chi connectivity index (χ1) is 30.4. The summed E-state index contributed by atoms with van der Waals surface area (Å²) in [6.07, 6.45) is 3.62. The Morgan fingerprint density at radius 1 is 0.734 bits per heavy atom. The molecule has 1 saturated heterocycles. The highest BCUT2D eigenvalue weighted by Gasteiger charge is 2.32. The van der Waals surface area contributed by atoms with E-state index in [2.05, 4.69) is 26.6 Å². The number of carboxylic acid groups (broad SMARTS) is 4. The summed E-state index contributed by atoms with van der Waals surface area (Å²) in [7, 11) is 0. The highest BCUT2D eigenvalue weighted by atomic mass is 32.2. The van der Waals surface area contributed by atoms with Crippen LogP contribution in [0.5, 0.6) is 0 Å². The third-order valence-electron chi connectivity index (χ3n) is 10.5. The Morgan fingerprint density at radius 3 is 1.97 bits per heavy atom. The maximum absolute atomic E-state index is 13.7. The topological polar surface area (TPSA) is 270 Å². The molecule has 4 unspecified atom stereocenters. The van der Waals surface area contributed by atoms with Crippen LogP contribution in [0.2, 0.25) is 0 Å². The highest BCUT2D eigenvalue weighted by molar-refractivity contribution is 7.98. The van der Waals surface area contributed by atoms with Crippen LogP contribution in [0.4, 0.5) is 5.69 Å². The van der Waals surface area contributed by atoms with Gasteiger partial charge in [-0.25, -0.2) is 4.79 Å². The quantitative estimate of drug-likeness (QED) is 0.0504. The fraction of sp³-hybridized carbons (Fsp3) is 0.535. The minimum Gasteiger partial charge on any atom is -0.480 e. The second-order valence-corrected chi connectivity index (χ2v) is 17.3. The number of thioether (sulfide) groups is 1. The number of unbranched alkanes of at least 4 members (excludes halogenated alkanes) is 1. The second kappa shape index (κ2) is 27.8. The van der Waals surface area contributed by atoms with E-state index in [9.17, 15) is 54.0 Å². The first-order valence-corrected chi connectivity index (χ1v) is 22.9. The lowest BCUT2D eigenvalue weighted by molar-refractivity contribution is -0.143. The Kier molecular flexibility index (Phi) is 23.0.